The first-order chi connectivity index (χ1) is 22.6. The van der Waals surface area contributed by atoms with Crippen LogP contribution in [-0.2, 0) is 11.2 Å². The Morgan fingerprint density at radius 1 is 1.02 bits per heavy atom. The van der Waals surface area contributed by atoms with E-state index in [0.717, 1.165) is 95.6 Å². The van der Waals surface area contributed by atoms with Crippen molar-refractivity contribution in [3.05, 3.63) is 113 Å². The molecule has 0 aliphatic heterocycles. The number of rotatable bonds is 10. The topological polar surface area (TPSA) is 91.0 Å². The number of Topliss-reactive ketones (excluding diaryl/α,β-unsaturated/α-hetero) is 2. The smallest absolute Gasteiger partial charge is 0.165 e. The van der Waals surface area contributed by atoms with Crippen molar-refractivity contribution in [3.63, 3.8) is 0 Å². The summed E-state index contributed by atoms with van der Waals surface area (Å²) in [5, 5.41) is 1.87. The molecule has 0 bridgehead atoms. The predicted octanol–water partition coefficient (Wildman–Crippen LogP) is 8.67. The molecular weight excluding hydrogens is 568 g/mol. The first-order valence-electron chi connectivity index (χ1n) is 17.2. The second-order valence-corrected chi connectivity index (χ2v) is 12.9. The van der Waals surface area contributed by atoms with Crippen LogP contribution in [0.3, 0.4) is 0 Å². The van der Waals surface area contributed by atoms with Crippen LogP contribution in [0.25, 0.3) is 16.5 Å². The van der Waals surface area contributed by atoms with Crippen molar-refractivity contribution in [1.29, 1.82) is 0 Å². The van der Waals surface area contributed by atoms with Crippen LogP contribution >= 0.6 is 0 Å². The molecule has 3 atom stereocenters. The van der Waals surface area contributed by atoms with Gasteiger partial charge in [0.1, 0.15) is 5.78 Å². The lowest BCUT2D eigenvalue weighted by Gasteiger charge is -2.17. The maximum absolute atomic E-state index is 14.0. The summed E-state index contributed by atoms with van der Waals surface area (Å²) in [6.07, 6.45) is 31.5. The van der Waals surface area contributed by atoms with E-state index in [4.69, 9.17) is 4.99 Å². The number of hydrogen-bond acceptors (Lipinski definition) is 4. The average molecular weight is 615 g/mol. The second-order valence-electron chi connectivity index (χ2n) is 12.9. The zero-order valence-corrected chi connectivity index (χ0v) is 27.2. The van der Waals surface area contributed by atoms with Gasteiger partial charge in [-0.2, -0.15) is 0 Å². The summed E-state index contributed by atoms with van der Waals surface area (Å²) in [5.74, 6) is 1.12. The Morgan fingerprint density at radius 3 is 2.72 bits per heavy atom. The molecule has 6 heteroatoms. The highest BCUT2D eigenvalue weighted by molar-refractivity contribution is 6.02. The van der Waals surface area contributed by atoms with Crippen LogP contribution in [-0.4, -0.2) is 33.1 Å². The third kappa shape index (κ3) is 6.91. The van der Waals surface area contributed by atoms with Gasteiger partial charge in [0.2, 0.25) is 0 Å². The lowest BCUT2D eigenvalue weighted by molar-refractivity contribution is -0.122. The summed E-state index contributed by atoms with van der Waals surface area (Å²) >= 11 is 0. The van der Waals surface area contributed by atoms with Gasteiger partial charge in [0, 0.05) is 65.8 Å². The fourth-order valence-corrected chi connectivity index (χ4v) is 7.46. The molecule has 1 saturated carbocycles. The number of aromatic amines is 2. The molecule has 0 amide bonds. The van der Waals surface area contributed by atoms with Crippen LogP contribution < -0.4 is 5.36 Å². The van der Waals surface area contributed by atoms with Crippen LogP contribution in [0.15, 0.2) is 90.0 Å². The van der Waals surface area contributed by atoms with Gasteiger partial charge in [-0.15, -0.1) is 0 Å². The second kappa shape index (κ2) is 14.8. The summed E-state index contributed by atoms with van der Waals surface area (Å²) in [5.41, 5.74) is 7.35. The number of hydrogen-bond donors (Lipinski definition) is 2. The highest BCUT2D eigenvalue weighted by Gasteiger charge is 2.28. The minimum Gasteiger partial charge on any atom is -0.359 e. The van der Waals surface area contributed by atoms with Gasteiger partial charge >= 0.3 is 0 Å². The Hall–Kier alpha value is -4.32. The minimum atomic E-state index is 0.0357. The molecule has 0 spiro atoms. The van der Waals surface area contributed by atoms with Gasteiger partial charge in [0.05, 0.1) is 17.2 Å². The van der Waals surface area contributed by atoms with Gasteiger partial charge < -0.3 is 9.97 Å². The molecule has 6 rings (SSSR count). The number of nitrogens with zero attached hydrogens (tertiary/aromatic N) is 2. The molecule has 3 aliphatic carbocycles. The Kier molecular flexibility index (Phi) is 10.2. The van der Waals surface area contributed by atoms with Crippen LogP contribution in [0.2, 0.25) is 0 Å². The van der Waals surface area contributed by atoms with Crippen molar-refractivity contribution in [1.82, 2.24) is 15.0 Å². The molecule has 1 aromatic carbocycles. The van der Waals surface area contributed by atoms with Gasteiger partial charge in [-0.3, -0.25) is 14.6 Å². The molecule has 238 valence electrons. The fraction of sp³-hybridized carbons (Fsp3) is 0.400. The van der Waals surface area contributed by atoms with E-state index < -0.39 is 0 Å². The van der Waals surface area contributed by atoms with E-state index in [1.807, 2.05) is 6.92 Å². The van der Waals surface area contributed by atoms with E-state index in [1.165, 1.54) is 5.57 Å². The average Bonchev–Trinajstić information content (AvgIpc) is 3.51. The van der Waals surface area contributed by atoms with Crippen LogP contribution in [0.5, 0.6) is 0 Å². The number of ketones is 2. The molecule has 0 radical (unpaired) electrons. The molecule has 0 saturated heterocycles. The summed E-state index contributed by atoms with van der Waals surface area (Å²) in [4.78, 5) is 42.9. The molecule has 3 aliphatic rings. The third-order valence-corrected chi connectivity index (χ3v) is 9.86. The Morgan fingerprint density at radius 2 is 1.93 bits per heavy atom. The molecule has 2 N–H and O–H groups in total. The highest BCUT2D eigenvalue weighted by atomic mass is 16.1. The molecule has 46 heavy (non-hydrogen) atoms. The van der Waals surface area contributed by atoms with Crippen molar-refractivity contribution in [2.45, 2.75) is 84.0 Å². The molecule has 3 unspecified atom stereocenters. The first-order valence-corrected chi connectivity index (χ1v) is 17.2. The van der Waals surface area contributed by atoms with Gasteiger partial charge in [-0.05, 0) is 68.9 Å². The standard InChI is InChI=1S/C40H46N4O2/c1-3-10-36(45)38-33(29-14-9-16-31(20-19-29)37(46)23-32-24-41-26-44-32)21-22-34-35(25-43-39(34)40(38)42-4-2)30-15-8-13-28(17-18-30)27-11-6-5-7-12-27/h5-8,11,15,17-18,21-22,24-27,29,31,43H,3-4,9-10,12-14,16,19-20,23H2,1-2H3,(H,41,44). The van der Waals surface area contributed by atoms with E-state index >= 15 is 0 Å². The third-order valence-electron chi connectivity index (χ3n) is 9.86. The number of allylic oxidation sites excluding steroid dienone is 10. The van der Waals surface area contributed by atoms with Crippen molar-refractivity contribution in [2.24, 2.45) is 16.8 Å². The summed E-state index contributed by atoms with van der Waals surface area (Å²) in [6, 6.07) is 4.41. The Bertz CT molecular complexity index is 1800. The van der Waals surface area contributed by atoms with E-state index in [2.05, 4.69) is 88.8 Å². The van der Waals surface area contributed by atoms with Gasteiger partial charge in [0.25, 0.3) is 0 Å². The van der Waals surface area contributed by atoms with Gasteiger partial charge in [0.15, 0.2) is 5.78 Å². The molecule has 2 heterocycles. The van der Waals surface area contributed by atoms with Crippen molar-refractivity contribution < 1.29 is 9.59 Å². The first kappa shape index (κ1) is 31.7. The molecule has 1 fully saturated rings. The number of carbonyl (C=O) groups is 2. The van der Waals surface area contributed by atoms with Crippen molar-refractivity contribution in [3.8, 4) is 0 Å². The molecule has 6 nitrogen and oxygen atoms in total. The fourth-order valence-electron chi connectivity index (χ4n) is 7.46. The predicted molar refractivity (Wildman–Crippen MR) is 186 cm³/mol. The van der Waals surface area contributed by atoms with E-state index in [1.54, 1.807) is 12.5 Å². The maximum Gasteiger partial charge on any atom is 0.165 e. The number of H-pyrrole nitrogens is 2. The largest absolute Gasteiger partial charge is 0.359 e. The number of fused-ring (bicyclic) bond motifs is 1. The van der Waals surface area contributed by atoms with Gasteiger partial charge in [-0.1, -0.05) is 79.7 Å². The summed E-state index contributed by atoms with van der Waals surface area (Å²) < 4.78 is 0. The highest BCUT2D eigenvalue weighted by Crippen LogP contribution is 2.37. The van der Waals surface area contributed by atoms with Crippen LogP contribution in [0, 0.1) is 11.8 Å². The molecular formula is C40H46N4O2. The molecule has 2 aromatic heterocycles. The monoisotopic (exact) mass is 614 g/mol. The molecule has 3 aromatic rings. The van der Waals surface area contributed by atoms with Crippen LogP contribution in [0.1, 0.15) is 105 Å². The summed E-state index contributed by atoms with van der Waals surface area (Å²) in [7, 11) is 0. The lowest BCUT2D eigenvalue weighted by Crippen LogP contribution is -2.20. The zero-order valence-electron chi connectivity index (χ0n) is 27.2. The Labute approximate surface area is 272 Å². The number of nitrogens with one attached hydrogen (secondary N) is 2. The van der Waals surface area contributed by atoms with Crippen molar-refractivity contribution in [2.75, 3.05) is 6.54 Å². The quantitative estimate of drug-likeness (QED) is 0.177. The summed E-state index contributed by atoms with van der Waals surface area (Å²) in [6.45, 7) is 4.69. The maximum atomic E-state index is 14.0. The van der Waals surface area contributed by atoms with Crippen molar-refractivity contribution >= 4 is 28.0 Å². The number of aromatic nitrogens is 3. The zero-order chi connectivity index (χ0) is 31.9. The SMILES string of the molecule is CCCC(=O)c1c(C2CCCC(C(=O)Cc3cnc[nH]3)CC2)ccc2c(C3=CC=C(C4C=CC=CC4)CC=C3)c[nH]c2c1=NCC. The van der Waals surface area contributed by atoms with E-state index in [0.29, 0.717) is 25.3 Å². The van der Waals surface area contributed by atoms with E-state index in [-0.39, 0.29) is 23.4 Å². The normalized spacial score (nSPS) is 22.0. The van der Waals surface area contributed by atoms with Crippen LogP contribution in [0.4, 0.5) is 0 Å². The number of carbonyl (C=O) groups excluding carboxylic acids is 2. The Balaban J connectivity index is 1.39. The number of imidazole rings is 1. The lowest BCUT2D eigenvalue weighted by atomic mass is 9.86. The minimum absolute atomic E-state index is 0.0357. The van der Waals surface area contributed by atoms with Gasteiger partial charge in [-0.25, -0.2) is 4.98 Å². The van der Waals surface area contributed by atoms with E-state index in [9.17, 15) is 9.59 Å².